The molecule has 0 fully saturated rings. The van der Waals surface area contributed by atoms with Crippen LogP contribution in [0.3, 0.4) is 0 Å². The normalized spacial score (nSPS) is 11.4. The minimum atomic E-state index is -0.0488. The summed E-state index contributed by atoms with van der Waals surface area (Å²) in [7, 11) is 0. The summed E-state index contributed by atoms with van der Waals surface area (Å²) >= 11 is 0. The quantitative estimate of drug-likeness (QED) is 0.455. The molecular weight excluding hydrogens is 308 g/mol. The highest BCUT2D eigenvalue weighted by Gasteiger charge is 2.28. The molecule has 0 aliphatic carbocycles. The van der Waals surface area contributed by atoms with Crippen LogP contribution < -0.4 is 4.90 Å². The zero-order valence-corrected chi connectivity index (χ0v) is 16.6. The average Bonchev–Trinajstić information content (AvgIpc) is 2.55. The van der Waals surface area contributed by atoms with Gasteiger partial charge in [-0.3, -0.25) is 4.79 Å². The van der Waals surface area contributed by atoms with Crippen molar-refractivity contribution in [3.63, 3.8) is 0 Å². The summed E-state index contributed by atoms with van der Waals surface area (Å²) in [5.74, 6) is 0.173. The topological polar surface area (TPSA) is 24.7 Å². The van der Waals surface area contributed by atoms with Crippen molar-refractivity contribution in [2.75, 3.05) is 4.90 Å². The molecule has 0 unspecified atom stereocenters. The molecule has 0 saturated heterocycles. The molecular formula is C22H34N2O. The summed E-state index contributed by atoms with van der Waals surface area (Å²) in [5, 5.41) is 0. The first-order valence-corrected chi connectivity index (χ1v) is 9.62. The molecule has 0 atom stereocenters. The molecule has 1 rings (SSSR count). The summed E-state index contributed by atoms with van der Waals surface area (Å²) in [6.45, 7) is 18.0. The first kappa shape index (κ1) is 21.2. The summed E-state index contributed by atoms with van der Waals surface area (Å²) in [4.78, 5) is 18.7. The van der Waals surface area contributed by atoms with Gasteiger partial charge in [0, 0.05) is 18.2 Å². The molecule has 138 valence electrons. The number of unbranched alkanes of at least 4 members (excludes halogenated alkanes) is 2. The molecule has 0 aliphatic heterocycles. The van der Waals surface area contributed by atoms with Crippen molar-refractivity contribution in [3.05, 3.63) is 35.7 Å². The van der Waals surface area contributed by atoms with E-state index in [-0.39, 0.29) is 17.4 Å². The van der Waals surface area contributed by atoms with Gasteiger partial charge in [-0.25, -0.2) is 4.85 Å². The van der Waals surface area contributed by atoms with E-state index >= 15 is 0 Å². The number of rotatable bonds is 9. The van der Waals surface area contributed by atoms with E-state index in [1.54, 1.807) is 6.07 Å². The van der Waals surface area contributed by atoms with Crippen LogP contribution in [-0.2, 0) is 4.79 Å². The predicted octanol–water partition coefficient (Wildman–Crippen LogP) is 6.76. The maximum absolute atomic E-state index is 13.2. The fourth-order valence-electron chi connectivity index (χ4n) is 3.09. The molecule has 0 N–H and O–H groups in total. The SMILES string of the molecule is [C-]#[N+]c1cccc(N(C(=O)CC(C)(C)C)C(CCCC)CCCC)c1. The average molecular weight is 343 g/mol. The molecule has 0 saturated carbocycles. The number of hydrogen-bond donors (Lipinski definition) is 0. The van der Waals surface area contributed by atoms with E-state index in [0.717, 1.165) is 44.2 Å². The lowest BCUT2D eigenvalue weighted by atomic mass is 9.90. The highest BCUT2D eigenvalue weighted by atomic mass is 16.2. The van der Waals surface area contributed by atoms with E-state index in [2.05, 4.69) is 39.5 Å². The highest BCUT2D eigenvalue weighted by Crippen LogP contribution is 2.30. The first-order valence-electron chi connectivity index (χ1n) is 9.62. The Morgan fingerprint density at radius 3 is 2.24 bits per heavy atom. The molecule has 0 heterocycles. The zero-order valence-electron chi connectivity index (χ0n) is 16.6. The van der Waals surface area contributed by atoms with Crippen LogP contribution >= 0.6 is 0 Å². The number of carbonyl (C=O) groups is 1. The summed E-state index contributed by atoms with van der Waals surface area (Å²) in [5.41, 5.74) is 1.42. The van der Waals surface area contributed by atoms with Crippen molar-refractivity contribution in [1.29, 1.82) is 0 Å². The second kappa shape index (κ2) is 10.2. The number of carbonyl (C=O) groups excluding carboxylic acids is 1. The van der Waals surface area contributed by atoms with Gasteiger partial charge >= 0.3 is 0 Å². The molecule has 1 amide bonds. The fourth-order valence-corrected chi connectivity index (χ4v) is 3.09. The monoisotopic (exact) mass is 342 g/mol. The highest BCUT2D eigenvalue weighted by molar-refractivity contribution is 5.94. The van der Waals surface area contributed by atoms with E-state index in [1.165, 1.54) is 0 Å². The van der Waals surface area contributed by atoms with Crippen LogP contribution in [0.5, 0.6) is 0 Å². The third-order valence-electron chi connectivity index (χ3n) is 4.33. The number of hydrogen-bond acceptors (Lipinski definition) is 1. The van der Waals surface area contributed by atoms with Gasteiger partial charge in [0.25, 0.3) is 0 Å². The fraction of sp³-hybridized carbons (Fsp3) is 0.636. The Kier molecular flexibility index (Phi) is 8.69. The van der Waals surface area contributed by atoms with Crippen LogP contribution in [0.2, 0.25) is 0 Å². The Hall–Kier alpha value is -1.82. The largest absolute Gasteiger partial charge is 0.311 e. The lowest BCUT2D eigenvalue weighted by molar-refractivity contribution is -0.120. The number of amides is 1. The molecule has 0 spiro atoms. The molecule has 3 heteroatoms. The van der Waals surface area contributed by atoms with Crippen LogP contribution in [-0.4, -0.2) is 11.9 Å². The van der Waals surface area contributed by atoms with Crippen LogP contribution in [0.1, 0.15) is 79.6 Å². The van der Waals surface area contributed by atoms with E-state index in [0.29, 0.717) is 12.1 Å². The smallest absolute Gasteiger partial charge is 0.227 e. The third-order valence-corrected chi connectivity index (χ3v) is 4.33. The van der Waals surface area contributed by atoms with Crippen LogP contribution in [0.25, 0.3) is 4.85 Å². The number of nitrogens with zero attached hydrogens (tertiary/aromatic N) is 2. The lowest BCUT2D eigenvalue weighted by Gasteiger charge is -2.34. The van der Waals surface area contributed by atoms with Crippen LogP contribution in [0.4, 0.5) is 11.4 Å². The number of anilines is 1. The van der Waals surface area contributed by atoms with Gasteiger partial charge < -0.3 is 4.90 Å². The van der Waals surface area contributed by atoms with E-state index < -0.39 is 0 Å². The maximum Gasteiger partial charge on any atom is 0.227 e. The van der Waals surface area contributed by atoms with Crippen molar-refractivity contribution in [3.8, 4) is 0 Å². The van der Waals surface area contributed by atoms with Crippen molar-refractivity contribution >= 4 is 17.3 Å². The molecule has 0 aliphatic rings. The van der Waals surface area contributed by atoms with Gasteiger partial charge in [0.05, 0.1) is 6.57 Å². The first-order chi connectivity index (χ1) is 11.8. The predicted molar refractivity (Wildman–Crippen MR) is 107 cm³/mol. The van der Waals surface area contributed by atoms with E-state index in [9.17, 15) is 4.79 Å². The Labute approximate surface area is 154 Å². The molecule has 0 bridgehead atoms. The molecule has 1 aromatic rings. The van der Waals surface area contributed by atoms with Gasteiger partial charge in [-0.2, -0.15) is 0 Å². The van der Waals surface area contributed by atoms with E-state index in [1.807, 2.05) is 23.1 Å². The lowest BCUT2D eigenvalue weighted by Crippen LogP contribution is -2.42. The summed E-state index contributed by atoms with van der Waals surface area (Å²) < 4.78 is 0. The summed E-state index contributed by atoms with van der Waals surface area (Å²) in [6.07, 6.45) is 7.07. The standard InChI is InChI=1S/C22H34N2O/c1-7-9-13-19(14-10-8-2)24(21(25)17-22(3,4)5)20-15-11-12-18(16-20)23-6/h11-12,15-16,19H,7-10,13-14,17H2,1-5H3. The Bertz CT molecular complexity index is 572. The van der Waals surface area contributed by atoms with Gasteiger partial charge in [-0.05, 0) is 30.4 Å². The van der Waals surface area contributed by atoms with Crippen LogP contribution in [0, 0.1) is 12.0 Å². The maximum atomic E-state index is 13.2. The van der Waals surface area contributed by atoms with Crippen molar-refractivity contribution in [2.24, 2.45) is 5.41 Å². The van der Waals surface area contributed by atoms with E-state index in [4.69, 9.17) is 6.57 Å². The van der Waals surface area contributed by atoms with Crippen molar-refractivity contribution < 1.29 is 4.79 Å². The second-order valence-electron chi connectivity index (χ2n) is 8.07. The molecule has 25 heavy (non-hydrogen) atoms. The van der Waals surface area contributed by atoms with Crippen LogP contribution in [0.15, 0.2) is 24.3 Å². The minimum absolute atomic E-state index is 0.0488. The Balaban J connectivity index is 3.22. The Morgan fingerprint density at radius 1 is 1.16 bits per heavy atom. The van der Waals surface area contributed by atoms with Gasteiger partial charge in [0.15, 0.2) is 5.69 Å². The summed E-state index contributed by atoms with van der Waals surface area (Å²) in [6, 6.07) is 7.74. The van der Waals surface area contributed by atoms with Gasteiger partial charge in [-0.1, -0.05) is 72.4 Å². The zero-order chi connectivity index (χ0) is 18.9. The second-order valence-corrected chi connectivity index (χ2v) is 8.07. The van der Waals surface area contributed by atoms with Gasteiger partial charge in [-0.15, -0.1) is 0 Å². The number of benzene rings is 1. The molecule has 1 aromatic carbocycles. The van der Waals surface area contributed by atoms with Gasteiger partial charge in [0.1, 0.15) is 0 Å². The van der Waals surface area contributed by atoms with Crippen molar-refractivity contribution in [1.82, 2.24) is 0 Å². The Morgan fingerprint density at radius 2 is 1.76 bits per heavy atom. The third kappa shape index (κ3) is 7.30. The molecule has 0 aromatic heterocycles. The molecule has 3 nitrogen and oxygen atoms in total. The minimum Gasteiger partial charge on any atom is -0.311 e. The van der Waals surface area contributed by atoms with Crippen molar-refractivity contribution in [2.45, 2.75) is 85.6 Å². The van der Waals surface area contributed by atoms with Gasteiger partial charge in [0.2, 0.25) is 5.91 Å². The molecule has 0 radical (unpaired) electrons.